The lowest BCUT2D eigenvalue weighted by atomic mass is 9.98. The lowest BCUT2D eigenvalue weighted by molar-refractivity contribution is -0.0496. The highest BCUT2D eigenvalue weighted by Gasteiger charge is 2.50. The van der Waals surface area contributed by atoms with Crippen LogP contribution >= 0.6 is 35.6 Å². The molecule has 0 spiro atoms. The maximum absolute atomic E-state index is 12.6. The Morgan fingerprint density at radius 3 is 2.46 bits per heavy atom. The smallest absolute Gasteiger partial charge is 0.356 e. The van der Waals surface area contributed by atoms with E-state index in [1.807, 2.05) is 18.2 Å². The molecule has 1 aromatic carbocycles. The summed E-state index contributed by atoms with van der Waals surface area (Å²) in [7, 11) is -3.62. The molecular weight excluding hydrogens is 532 g/mol. The molecule has 1 aromatic rings. The fourth-order valence-corrected chi connectivity index (χ4v) is 3.99. The number of nitrogens with zero attached hydrogens (tertiary/aromatic N) is 2. The summed E-state index contributed by atoms with van der Waals surface area (Å²) in [6.07, 6.45) is 0.710. The Morgan fingerprint density at radius 1 is 1.29 bits per heavy atom. The van der Waals surface area contributed by atoms with E-state index in [9.17, 15) is 21.6 Å². The Kier molecular flexibility index (Phi) is 9.77. The number of halogens is 5. The molecule has 12 heteroatoms. The molecule has 2 N–H and O–H groups in total. The van der Waals surface area contributed by atoms with Gasteiger partial charge in [-0.15, -0.1) is 24.0 Å². The average molecular weight is 555 g/mol. The lowest BCUT2D eigenvalue weighted by Crippen LogP contribution is -2.47. The van der Waals surface area contributed by atoms with E-state index >= 15 is 0 Å². The van der Waals surface area contributed by atoms with Crippen molar-refractivity contribution >= 4 is 51.6 Å². The molecule has 0 amide bonds. The highest BCUT2D eigenvalue weighted by molar-refractivity contribution is 14.0. The van der Waals surface area contributed by atoms with Crippen LogP contribution < -0.4 is 10.6 Å². The molecule has 28 heavy (non-hydrogen) atoms. The number of hydrogen-bond donors (Lipinski definition) is 2. The molecule has 1 saturated heterocycles. The number of benzene rings is 1. The van der Waals surface area contributed by atoms with Crippen LogP contribution in [-0.4, -0.2) is 50.9 Å². The molecule has 6 nitrogen and oxygen atoms in total. The Balaban J connectivity index is 0.00000392. The van der Waals surface area contributed by atoms with Gasteiger partial charge in [0.25, 0.3) is 0 Å². The molecule has 1 aliphatic heterocycles. The first-order chi connectivity index (χ1) is 12.6. The van der Waals surface area contributed by atoms with Gasteiger partial charge in [-0.05, 0) is 36.5 Å². The minimum absolute atomic E-state index is 0. The quantitative estimate of drug-likeness (QED) is 0.333. The molecule has 0 atom stereocenters. The second kappa shape index (κ2) is 10.8. The van der Waals surface area contributed by atoms with E-state index in [1.54, 1.807) is 13.1 Å². The van der Waals surface area contributed by atoms with E-state index in [0.29, 0.717) is 41.2 Å². The van der Waals surface area contributed by atoms with E-state index in [2.05, 4.69) is 15.6 Å². The van der Waals surface area contributed by atoms with Gasteiger partial charge in [-0.25, -0.2) is 8.42 Å². The zero-order valence-corrected chi connectivity index (χ0v) is 19.1. The second-order valence-corrected chi connectivity index (χ2v) is 8.60. The van der Waals surface area contributed by atoms with Crippen LogP contribution in [0.15, 0.2) is 29.3 Å². The van der Waals surface area contributed by atoms with Crippen LogP contribution in [0.1, 0.15) is 18.4 Å². The van der Waals surface area contributed by atoms with Crippen molar-refractivity contribution in [3.05, 3.63) is 34.9 Å². The van der Waals surface area contributed by atoms with Crippen molar-refractivity contribution in [2.24, 2.45) is 10.9 Å². The van der Waals surface area contributed by atoms with Gasteiger partial charge < -0.3 is 10.6 Å². The summed E-state index contributed by atoms with van der Waals surface area (Å²) in [6.45, 7) is 0.739. The van der Waals surface area contributed by atoms with E-state index in [0.717, 1.165) is 5.56 Å². The molecule has 0 bridgehead atoms. The van der Waals surface area contributed by atoms with Crippen molar-refractivity contribution in [2.45, 2.75) is 24.9 Å². The highest BCUT2D eigenvalue weighted by atomic mass is 127. The first kappa shape index (κ1) is 25.2. The van der Waals surface area contributed by atoms with Crippen LogP contribution in [0.2, 0.25) is 5.02 Å². The number of rotatable bonds is 5. The van der Waals surface area contributed by atoms with Gasteiger partial charge >= 0.3 is 15.5 Å². The number of aliphatic imine (C=N–C) groups is 1. The van der Waals surface area contributed by atoms with Crippen LogP contribution in [0.25, 0.3) is 0 Å². The van der Waals surface area contributed by atoms with Crippen molar-refractivity contribution in [3.63, 3.8) is 0 Å². The maximum Gasteiger partial charge on any atom is 0.511 e. The molecule has 0 saturated carbocycles. The first-order valence-electron chi connectivity index (χ1n) is 8.39. The largest absolute Gasteiger partial charge is 0.511 e. The Bertz CT molecular complexity index is 769. The van der Waals surface area contributed by atoms with Crippen LogP contribution in [0.4, 0.5) is 13.2 Å². The zero-order valence-electron chi connectivity index (χ0n) is 15.2. The molecule has 0 radical (unpaired) electrons. The van der Waals surface area contributed by atoms with Crippen molar-refractivity contribution in [3.8, 4) is 0 Å². The van der Waals surface area contributed by atoms with Gasteiger partial charge in [0.1, 0.15) is 0 Å². The lowest BCUT2D eigenvalue weighted by Gasteiger charge is -2.31. The molecule has 0 unspecified atom stereocenters. The van der Waals surface area contributed by atoms with Crippen molar-refractivity contribution < 1.29 is 21.6 Å². The summed E-state index contributed by atoms with van der Waals surface area (Å²) in [6, 6.07) is 7.38. The summed E-state index contributed by atoms with van der Waals surface area (Å²) in [5.74, 6) is 0.620. The standard InChI is InChI=1S/C16H22ClF3N4O2S.HI/c1-21-15(23-11-13-3-2-4-14(17)9-13)22-10-12-5-7-24(8-6-12)27(25,26)16(18,19)20;/h2-4,9,12H,5-8,10-11H2,1H3,(H2,21,22,23);1H. The highest BCUT2D eigenvalue weighted by Crippen LogP contribution is 2.30. The van der Waals surface area contributed by atoms with Gasteiger partial charge in [0.05, 0.1) is 0 Å². The Labute approximate surface area is 185 Å². The number of piperidine rings is 1. The van der Waals surface area contributed by atoms with Crippen LogP contribution in [0.5, 0.6) is 0 Å². The third kappa shape index (κ3) is 6.92. The molecule has 2 rings (SSSR count). The summed E-state index contributed by atoms with van der Waals surface area (Å²) in [5, 5.41) is 6.89. The summed E-state index contributed by atoms with van der Waals surface area (Å²) in [5.41, 5.74) is -4.26. The minimum atomic E-state index is -5.25. The third-order valence-electron chi connectivity index (χ3n) is 4.34. The number of alkyl halides is 3. The van der Waals surface area contributed by atoms with Crippen molar-refractivity contribution in [2.75, 3.05) is 26.7 Å². The minimum Gasteiger partial charge on any atom is -0.356 e. The van der Waals surface area contributed by atoms with Crippen LogP contribution in [0, 0.1) is 5.92 Å². The van der Waals surface area contributed by atoms with E-state index in [-0.39, 0.29) is 43.0 Å². The predicted octanol–water partition coefficient (Wildman–Crippen LogP) is 3.18. The fourth-order valence-electron chi connectivity index (χ4n) is 2.79. The zero-order chi connectivity index (χ0) is 20.1. The van der Waals surface area contributed by atoms with Crippen LogP contribution in [0.3, 0.4) is 0 Å². The number of guanidine groups is 1. The second-order valence-electron chi connectivity index (χ2n) is 6.23. The van der Waals surface area contributed by atoms with Gasteiger partial charge in [-0.1, -0.05) is 23.7 Å². The number of hydrogen-bond acceptors (Lipinski definition) is 3. The summed E-state index contributed by atoms with van der Waals surface area (Å²) in [4.78, 5) is 4.10. The van der Waals surface area contributed by atoms with E-state index in [1.165, 1.54) is 0 Å². The predicted molar refractivity (Wildman–Crippen MR) is 114 cm³/mol. The molecule has 1 aliphatic rings. The Hall–Kier alpha value is -0.790. The molecule has 1 heterocycles. The molecule has 0 aromatic heterocycles. The number of sulfonamides is 1. The average Bonchev–Trinajstić information content (AvgIpc) is 2.61. The Morgan fingerprint density at radius 2 is 1.93 bits per heavy atom. The first-order valence-corrected chi connectivity index (χ1v) is 10.2. The summed E-state index contributed by atoms with van der Waals surface area (Å²) < 4.78 is 61.1. The van der Waals surface area contributed by atoms with Crippen molar-refractivity contribution in [1.29, 1.82) is 0 Å². The molecule has 160 valence electrons. The molecule has 1 fully saturated rings. The molecule has 0 aliphatic carbocycles. The van der Waals surface area contributed by atoms with Gasteiger partial charge in [-0.2, -0.15) is 17.5 Å². The number of nitrogens with one attached hydrogen (secondary N) is 2. The fraction of sp³-hybridized carbons (Fsp3) is 0.562. The normalized spacial score (nSPS) is 17.1. The van der Waals surface area contributed by atoms with Crippen LogP contribution in [-0.2, 0) is 16.6 Å². The summed E-state index contributed by atoms with van der Waals surface area (Å²) >= 11 is 5.94. The maximum atomic E-state index is 12.6. The van der Waals surface area contributed by atoms with Gasteiger partial charge in [-0.3, -0.25) is 4.99 Å². The SMILES string of the molecule is CN=C(NCc1cccc(Cl)c1)NCC1CCN(S(=O)(=O)C(F)(F)F)CC1.I. The topological polar surface area (TPSA) is 73.8 Å². The van der Waals surface area contributed by atoms with E-state index in [4.69, 9.17) is 11.6 Å². The molecular formula is C16H23ClF3IN4O2S. The van der Waals surface area contributed by atoms with Gasteiger partial charge in [0, 0.05) is 38.2 Å². The van der Waals surface area contributed by atoms with Gasteiger partial charge in [0.2, 0.25) is 0 Å². The van der Waals surface area contributed by atoms with Gasteiger partial charge in [0.15, 0.2) is 5.96 Å². The monoisotopic (exact) mass is 554 g/mol. The van der Waals surface area contributed by atoms with Crippen molar-refractivity contribution in [1.82, 2.24) is 14.9 Å². The third-order valence-corrected chi connectivity index (χ3v) is 6.20. The van der Waals surface area contributed by atoms with E-state index < -0.39 is 15.5 Å².